The molecule has 4 nitrogen and oxygen atoms in total. The zero-order valence-corrected chi connectivity index (χ0v) is 12.6. The van der Waals surface area contributed by atoms with E-state index in [0.29, 0.717) is 18.0 Å². The van der Waals surface area contributed by atoms with Crippen LogP contribution in [0.25, 0.3) is 0 Å². The van der Waals surface area contributed by atoms with Gasteiger partial charge in [0, 0.05) is 11.6 Å². The lowest BCUT2D eigenvalue weighted by molar-refractivity contribution is -0.113. The summed E-state index contributed by atoms with van der Waals surface area (Å²) in [6, 6.07) is 4.77. The van der Waals surface area contributed by atoms with Crippen molar-refractivity contribution in [2.45, 2.75) is 38.8 Å². The van der Waals surface area contributed by atoms with Crippen molar-refractivity contribution in [1.29, 1.82) is 0 Å². The molecule has 0 bridgehead atoms. The molecule has 0 unspecified atom stereocenters. The van der Waals surface area contributed by atoms with Crippen molar-refractivity contribution < 1.29 is 14.3 Å². The van der Waals surface area contributed by atoms with Gasteiger partial charge >= 0.3 is 6.09 Å². The van der Waals surface area contributed by atoms with E-state index in [1.807, 2.05) is 6.07 Å². The van der Waals surface area contributed by atoms with Gasteiger partial charge in [0.05, 0.1) is 0 Å². The fourth-order valence-electron chi connectivity index (χ4n) is 2.30. The van der Waals surface area contributed by atoms with Gasteiger partial charge in [-0.1, -0.05) is 17.7 Å². The predicted octanol–water partition coefficient (Wildman–Crippen LogP) is 3.37. The number of fused-ring (bicyclic) bond motifs is 1. The van der Waals surface area contributed by atoms with Crippen LogP contribution < -0.4 is 0 Å². The molecule has 0 fully saturated rings. The molecule has 1 heterocycles. The van der Waals surface area contributed by atoms with Gasteiger partial charge in [0.2, 0.25) is 0 Å². The molecule has 108 valence electrons. The molecule has 0 radical (unpaired) electrons. The molecule has 0 N–H and O–H groups in total. The summed E-state index contributed by atoms with van der Waals surface area (Å²) >= 11 is 5.96. The molecular formula is C15H18ClNO3. The van der Waals surface area contributed by atoms with E-state index in [9.17, 15) is 9.59 Å². The molecule has 0 aliphatic carbocycles. The van der Waals surface area contributed by atoms with E-state index in [0.717, 1.165) is 17.4 Å². The SMILES string of the molecule is CC(C)(C)OC(=O)N1CCc2cc(Cl)ccc2[C@@H]1C=O. The highest BCUT2D eigenvalue weighted by Crippen LogP contribution is 2.31. The van der Waals surface area contributed by atoms with Gasteiger partial charge in [-0.15, -0.1) is 0 Å². The Hall–Kier alpha value is -1.55. The normalized spacial score (nSPS) is 18.4. The summed E-state index contributed by atoms with van der Waals surface area (Å²) in [5, 5.41) is 0.638. The molecular weight excluding hydrogens is 278 g/mol. The van der Waals surface area contributed by atoms with Crippen LogP contribution in [-0.4, -0.2) is 29.4 Å². The van der Waals surface area contributed by atoms with Gasteiger partial charge in [0.1, 0.15) is 17.9 Å². The summed E-state index contributed by atoms with van der Waals surface area (Å²) in [6.07, 6.45) is 0.977. The quantitative estimate of drug-likeness (QED) is 0.746. The summed E-state index contributed by atoms with van der Waals surface area (Å²) in [4.78, 5) is 25.1. The molecule has 0 spiro atoms. The third-order valence-corrected chi connectivity index (χ3v) is 3.37. The van der Waals surface area contributed by atoms with E-state index in [-0.39, 0.29) is 0 Å². The molecule has 20 heavy (non-hydrogen) atoms. The first kappa shape index (κ1) is 14.9. The lowest BCUT2D eigenvalue weighted by Crippen LogP contribution is -2.43. The Morgan fingerprint density at radius 1 is 1.45 bits per heavy atom. The minimum absolute atomic E-state index is 0.450. The number of hydrogen-bond acceptors (Lipinski definition) is 3. The van der Waals surface area contributed by atoms with E-state index in [1.54, 1.807) is 32.9 Å². The number of hydrogen-bond donors (Lipinski definition) is 0. The molecule has 5 heteroatoms. The standard InChI is InChI=1S/C15H18ClNO3/c1-15(2,3)20-14(19)17-7-6-10-8-11(16)4-5-12(10)13(17)9-18/h4-5,8-9,13H,6-7H2,1-3H3/t13-/m0/s1. The maximum atomic E-state index is 12.2. The molecule has 0 aromatic heterocycles. The number of benzene rings is 1. The lowest BCUT2D eigenvalue weighted by Gasteiger charge is -2.35. The van der Waals surface area contributed by atoms with E-state index in [4.69, 9.17) is 16.3 Å². The number of nitrogens with zero attached hydrogens (tertiary/aromatic N) is 1. The zero-order valence-electron chi connectivity index (χ0n) is 11.9. The largest absolute Gasteiger partial charge is 0.444 e. The minimum Gasteiger partial charge on any atom is -0.444 e. The van der Waals surface area contributed by atoms with Gasteiger partial charge < -0.3 is 9.53 Å². The molecule has 1 atom stereocenters. The average Bonchev–Trinajstić information content (AvgIpc) is 2.34. The molecule has 0 saturated heterocycles. The second-order valence-electron chi connectivity index (χ2n) is 5.85. The zero-order chi connectivity index (χ0) is 14.9. The predicted molar refractivity (Wildman–Crippen MR) is 76.9 cm³/mol. The first-order valence-electron chi connectivity index (χ1n) is 6.55. The Kier molecular flexibility index (Phi) is 4.04. The first-order chi connectivity index (χ1) is 9.31. The third kappa shape index (κ3) is 3.12. The Labute approximate surface area is 123 Å². The van der Waals surface area contributed by atoms with Crippen LogP contribution in [0.5, 0.6) is 0 Å². The number of rotatable bonds is 1. The number of halogens is 1. The first-order valence-corrected chi connectivity index (χ1v) is 6.93. The van der Waals surface area contributed by atoms with Crippen LogP contribution in [0.3, 0.4) is 0 Å². The van der Waals surface area contributed by atoms with Crippen molar-refractivity contribution >= 4 is 24.0 Å². The summed E-state index contributed by atoms with van der Waals surface area (Å²) in [5.74, 6) is 0. The maximum absolute atomic E-state index is 12.2. The van der Waals surface area contributed by atoms with Crippen LogP contribution in [0, 0.1) is 0 Å². The highest BCUT2D eigenvalue weighted by molar-refractivity contribution is 6.30. The summed E-state index contributed by atoms with van der Waals surface area (Å²) in [6.45, 7) is 5.86. The maximum Gasteiger partial charge on any atom is 0.411 e. The van der Waals surface area contributed by atoms with Crippen molar-refractivity contribution in [2.75, 3.05) is 6.54 Å². The highest BCUT2D eigenvalue weighted by atomic mass is 35.5. The Bertz CT molecular complexity index is 536. The Morgan fingerprint density at radius 3 is 2.75 bits per heavy atom. The molecule has 0 saturated carbocycles. The van der Waals surface area contributed by atoms with E-state index >= 15 is 0 Å². The molecule has 1 aliphatic rings. The van der Waals surface area contributed by atoms with Gasteiger partial charge in [0.15, 0.2) is 0 Å². The monoisotopic (exact) mass is 295 g/mol. The van der Waals surface area contributed by atoms with E-state index in [1.165, 1.54) is 4.90 Å². The second kappa shape index (κ2) is 5.44. The van der Waals surface area contributed by atoms with E-state index < -0.39 is 17.7 Å². The van der Waals surface area contributed by atoms with Crippen LogP contribution in [0.2, 0.25) is 5.02 Å². The van der Waals surface area contributed by atoms with Crippen LogP contribution in [0.15, 0.2) is 18.2 Å². The fourth-order valence-corrected chi connectivity index (χ4v) is 2.49. The summed E-state index contributed by atoms with van der Waals surface area (Å²) in [5.41, 5.74) is 1.25. The smallest absolute Gasteiger partial charge is 0.411 e. The molecule has 1 aromatic carbocycles. The van der Waals surface area contributed by atoms with Gasteiger partial charge in [-0.3, -0.25) is 4.90 Å². The molecule has 2 rings (SSSR count). The van der Waals surface area contributed by atoms with Crippen LogP contribution in [0.1, 0.15) is 37.9 Å². The Morgan fingerprint density at radius 2 is 2.15 bits per heavy atom. The summed E-state index contributed by atoms with van der Waals surface area (Å²) < 4.78 is 5.35. The molecule has 1 aromatic rings. The van der Waals surface area contributed by atoms with Crippen molar-refractivity contribution in [3.63, 3.8) is 0 Å². The van der Waals surface area contributed by atoms with Gasteiger partial charge in [-0.25, -0.2) is 4.79 Å². The number of amides is 1. The van der Waals surface area contributed by atoms with Gasteiger partial charge in [-0.05, 0) is 50.5 Å². The van der Waals surface area contributed by atoms with Gasteiger partial charge in [0.25, 0.3) is 0 Å². The third-order valence-electron chi connectivity index (χ3n) is 3.14. The van der Waals surface area contributed by atoms with Crippen LogP contribution >= 0.6 is 11.6 Å². The highest BCUT2D eigenvalue weighted by Gasteiger charge is 2.33. The molecule has 1 aliphatic heterocycles. The second-order valence-corrected chi connectivity index (χ2v) is 6.28. The topological polar surface area (TPSA) is 46.6 Å². The number of aldehydes is 1. The van der Waals surface area contributed by atoms with Crippen molar-refractivity contribution in [3.8, 4) is 0 Å². The van der Waals surface area contributed by atoms with E-state index in [2.05, 4.69) is 0 Å². The van der Waals surface area contributed by atoms with Gasteiger partial charge in [-0.2, -0.15) is 0 Å². The van der Waals surface area contributed by atoms with Crippen molar-refractivity contribution in [2.24, 2.45) is 0 Å². The minimum atomic E-state index is -0.606. The number of carbonyl (C=O) groups is 2. The number of carbonyl (C=O) groups excluding carboxylic acids is 2. The van der Waals surface area contributed by atoms with Crippen molar-refractivity contribution in [1.82, 2.24) is 4.90 Å². The van der Waals surface area contributed by atoms with Crippen LogP contribution in [0.4, 0.5) is 4.79 Å². The summed E-state index contributed by atoms with van der Waals surface area (Å²) in [7, 11) is 0. The average molecular weight is 296 g/mol. The Balaban J connectivity index is 2.28. The number of ether oxygens (including phenoxy) is 1. The fraction of sp³-hybridized carbons (Fsp3) is 0.467. The van der Waals surface area contributed by atoms with Crippen LogP contribution in [-0.2, 0) is 16.0 Å². The molecule has 1 amide bonds. The lowest BCUT2D eigenvalue weighted by atomic mass is 9.93. The van der Waals surface area contributed by atoms with Crippen molar-refractivity contribution in [3.05, 3.63) is 34.3 Å².